The smallest absolute Gasteiger partial charge is 0.247 e. The van der Waals surface area contributed by atoms with Gasteiger partial charge in [0.1, 0.15) is 55.6 Å². The van der Waals surface area contributed by atoms with Crippen molar-refractivity contribution in [3.8, 4) is 11.5 Å². The van der Waals surface area contributed by atoms with Gasteiger partial charge >= 0.3 is 0 Å². The maximum Gasteiger partial charge on any atom is 0.247 e. The highest BCUT2D eigenvalue weighted by Crippen LogP contribution is 2.33. The fraction of sp³-hybridized carbons (Fsp3) is 0.565. The zero-order valence-electron chi connectivity index (χ0n) is 19.4. The molecule has 4 rings (SSSR count). The van der Waals surface area contributed by atoms with Crippen molar-refractivity contribution in [2.75, 3.05) is 6.79 Å². The summed E-state index contributed by atoms with van der Waals surface area (Å²) in [6.45, 7) is 2.54. The van der Waals surface area contributed by atoms with Crippen molar-refractivity contribution in [2.24, 2.45) is 0 Å². The molecule has 36 heavy (non-hydrogen) atoms. The summed E-state index contributed by atoms with van der Waals surface area (Å²) in [7, 11) is 0. The van der Waals surface area contributed by atoms with Crippen LogP contribution in [0.1, 0.15) is 19.4 Å². The normalized spacial score (nSPS) is 38.5. The first-order valence-corrected chi connectivity index (χ1v) is 11.3. The number of fused-ring (bicyclic) bond motifs is 1. The van der Waals surface area contributed by atoms with Crippen LogP contribution in [-0.4, -0.2) is 110 Å². The van der Waals surface area contributed by atoms with Gasteiger partial charge in [-0.3, -0.25) is 9.59 Å². The lowest BCUT2D eigenvalue weighted by Crippen LogP contribution is -2.67. The molecule has 10 unspecified atom stereocenters. The Morgan fingerprint density at radius 1 is 0.972 bits per heavy atom. The van der Waals surface area contributed by atoms with Gasteiger partial charge in [0.05, 0.1) is 6.04 Å². The van der Waals surface area contributed by atoms with Crippen LogP contribution in [0.2, 0.25) is 0 Å². The molecule has 3 fully saturated rings. The van der Waals surface area contributed by atoms with Gasteiger partial charge in [-0.15, -0.1) is 0 Å². The number of Topliss-reactive ketones (excluding diaryl/α,β-unsaturated/α-hetero) is 1. The summed E-state index contributed by atoms with van der Waals surface area (Å²) in [5, 5.41) is 63.4. The van der Waals surface area contributed by atoms with Crippen LogP contribution in [0.25, 0.3) is 6.08 Å². The number of ether oxygens (including phenoxy) is 4. The summed E-state index contributed by atoms with van der Waals surface area (Å²) in [5.74, 6) is -1.52. The number of aliphatic hydroxyl groups is 5. The molecular formula is C23H29NO12. The second-order valence-corrected chi connectivity index (χ2v) is 9.04. The molecule has 3 aliphatic rings. The molecule has 0 radical (unpaired) electrons. The lowest BCUT2D eigenvalue weighted by molar-refractivity contribution is -0.160. The number of carbonyl (C=O) groups is 2. The molecule has 0 aromatic heterocycles. The van der Waals surface area contributed by atoms with Crippen LogP contribution in [0.5, 0.6) is 11.5 Å². The van der Waals surface area contributed by atoms with E-state index in [4.69, 9.17) is 18.9 Å². The van der Waals surface area contributed by atoms with E-state index in [2.05, 4.69) is 5.32 Å². The summed E-state index contributed by atoms with van der Waals surface area (Å²) < 4.78 is 21.3. The fourth-order valence-corrected chi connectivity index (χ4v) is 4.47. The van der Waals surface area contributed by atoms with E-state index in [0.717, 1.165) is 0 Å². The molecule has 1 amide bonds. The van der Waals surface area contributed by atoms with E-state index < -0.39 is 72.9 Å². The van der Waals surface area contributed by atoms with Crippen LogP contribution in [-0.2, 0) is 23.8 Å². The third-order valence-electron chi connectivity index (χ3n) is 6.49. The first-order chi connectivity index (χ1) is 17.0. The molecule has 1 aromatic carbocycles. The van der Waals surface area contributed by atoms with Crippen molar-refractivity contribution >= 4 is 17.8 Å². The highest BCUT2D eigenvalue weighted by Gasteiger charge is 2.53. The van der Waals surface area contributed by atoms with E-state index in [1.165, 1.54) is 38.1 Å². The number of hydrogen-bond donors (Lipinski definition) is 7. The monoisotopic (exact) mass is 511 g/mol. The van der Waals surface area contributed by atoms with Crippen molar-refractivity contribution in [3.63, 3.8) is 0 Å². The molecule has 2 aliphatic heterocycles. The lowest BCUT2D eigenvalue weighted by atomic mass is 9.83. The Kier molecular flexibility index (Phi) is 7.64. The van der Waals surface area contributed by atoms with Gasteiger partial charge in [-0.25, -0.2) is 0 Å². The number of aliphatic hydroxyl groups excluding tert-OH is 5. The predicted octanol–water partition coefficient (Wildman–Crippen LogP) is -2.47. The molecule has 1 saturated carbocycles. The molecule has 7 N–H and O–H groups in total. The first-order valence-electron chi connectivity index (χ1n) is 11.3. The summed E-state index contributed by atoms with van der Waals surface area (Å²) >= 11 is 0. The maximum atomic E-state index is 12.8. The van der Waals surface area contributed by atoms with Gasteiger partial charge in [-0.1, -0.05) is 6.07 Å². The predicted molar refractivity (Wildman–Crippen MR) is 118 cm³/mol. The third kappa shape index (κ3) is 4.96. The van der Waals surface area contributed by atoms with E-state index in [-0.39, 0.29) is 23.9 Å². The van der Waals surface area contributed by atoms with Crippen molar-refractivity contribution in [1.29, 1.82) is 0 Å². The van der Waals surface area contributed by atoms with Gasteiger partial charge in [0.25, 0.3) is 0 Å². The Bertz CT molecular complexity index is 1030. The summed E-state index contributed by atoms with van der Waals surface area (Å²) in [6.07, 6.45) is -10.3. The van der Waals surface area contributed by atoms with Crippen molar-refractivity contribution in [2.45, 2.75) is 75.0 Å². The van der Waals surface area contributed by atoms with Crippen LogP contribution in [0.4, 0.5) is 0 Å². The molecular weight excluding hydrogens is 482 g/mol. The minimum absolute atomic E-state index is 0.0861. The molecule has 1 aliphatic carbocycles. The van der Waals surface area contributed by atoms with Crippen LogP contribution < -0.4 is 10.1 Å². The number of rotatable bonds is 6. The highest BCUT2D eigenvalue weighted by molar-refractivity contribution is 5.97. The second kappa shape index (κ2) is 10.4. The molecule has 0 spiro atoms. The van der Waals surface area contributed by atoms with Crippen LogP contribution in [0, 0.1) is 0 Å². The highest BCUT2D eigenvalue weighted by atomic mass is 16.7. The van der Waals surface area contributed by atoms with E-state index in [1.54, 1.807) is 0 Å². The molecule has 2 heterocycles. The zero-order valence-corrected chi connectivity index (χ0v) is 19.4. The van der Waals surface area contributed by atoms with Gasteiger partial charge in [-0.2, -0.15) is 0 Å². The molecule has 1 aromatic rings. The third-order valence-corrected chi connectivity index (χ3v) is 6.49. The average molecular weight is 511 g/mol. The van der Waals surface area contributed by atoms with Crippen molar-refractivity contribution in [3.05, 3.63) is 29.3 Å². The molecule has 13 nitrogen and oxygen atoms in total. The lowest BCUT2D eigenvalue weighted by Gasteiger charge is -2.41. The summed E-state index contributed by atoms with van der Waals surface area (Å²) in [6, 6.07) is 3.10. The number of aromatic hydroxyl groups is 1. The number of carbonyl (C=O) groups excluding carboxylic acids is 2. The molecule has 0 bridgehead atoms. The van der Waals surface area contributed by atoms with E-state index in [1.807, 2.05) is 0 Å². The summed E-state index contributed by atoms with van der Waals surface area (Å²) in [4.78, 5) is 24.3. The minimum Gasteiger partial charge on any atom is -0.504 e. The van der Waals surface area contributed by atoms with Gasteiger partial charge in [0.15, 0.2) is 17.3 Å². The molecule has 10 atom stereocenters. The molecule has 198 valence electrons. The quantitative estimate of drug-likeness (QED) is 0.199. The van der Waals surface area contributed by atoms with Gasteiger partial charge in [0.2, 0.25) is 12.2 Å². The minimum atomic E-state index is -1.54. The van der Waals surface area contributed by atoms with E-state index >= 15 is 0 Å². The van der Waals surface area contributed by atoms with Crippen LogP contribution in [0.15, 0.2) is 23.8 Å². The zero-order chi connectivity index (χ0) is 26.3. The van der Waals surface area contributed by atoms with E-state index in [9.17, 15) is 40.2 Å². The molecule has 2 saturated heterocycles. The van der Waals surface area contributed by atoms with Gasteiger partial charge in [-0.05, 0) is 37.6 Å². The first kappa shape index (κ1) is 26.4. The number of hydrogen-bond acceptors (Lipinski definition) is 12. The molecule has 13 heteroatoms. The Hall–Kier alpha value is -2.62. The number of ketones is 1. The Morgan fingerprint density at radius 2 is 1.67 bits per heavy atom. The number of amides is 1. The average Bonchev–Trinajstić information content (AvgIpc) is 3.43. The number of benzene rings is 1. The number of phenolic OH excluding ortho intramolecular Hbond substituents is 1. The van der Waals surface area contributed by atoms with Gasteiger partial charge in [0, 0.05) is 5.57 Å². The summed E-state index contributed by atoms with van der Waals surface area (Å²) in [5.41, 5.74) is 0.591. The topological polar surface area (TPSA) is 204 Å². The standard InChI is InChI=1S/C23H29NO12/c1-8(22(32)24-13-14(27)15(28)16(29)21-20(13)33-7-34-21)5-10-3-4-12(11(26)6-10)35-23-18(31)17(30)19(36-23)9(2)25/h3-6,13-21,23,26-31H,7H2,1-2H3,(H,24,32). The van der Waals surface area contributed by atoms with Crippen molar-refractivity contribution in [1.82, 2.24) is 5.32 Å². The largest absolute Gasteiger partial charge is 0.504 e. The van der Waals surface area contributed by atoms with Crippen LogP contribution >= 0.6 is 0 Å². The van der Waals surface area contributed by atoms with Crippen LogP contribution in [0.3, 0.4) is 0 Å². The Morgan fingerprint density at radius 3 is 2.31 bits per heavy atom. The fourth-order valence-electron chi connectivity index (χ4n) is 4.47. The second-order valence-electron chi connectivity index (χ2n) is 9.04. The SMILES string of the molecule is CC(=O)C1OC(Oc2ccc(C=C(C)C(=O)NC3C(O)C(O)C(O)C4OCOC34)cc2O)C(O)C1O. The number of phenols is 1. The van der Waals surface area contributed by atoms with E-state index in [0.29, 0.717) is 5.56 Å². The maximum absolute atomic E-state index is 12.8. The number of nitrogens with one attached hydrogen (secondary N) is 1. The van der Waals surface area contributed by atoms with Gasteiger partial charge < -0.3 is 54.9 Å². The Balaban J connectivity index is 1.42. The van der Waals surface area contributed by atoms with Crippen molar-refractivity contribution < 1.29 is 59.2 Å². The Labute approximate surface area is 205 Å².